The van der Waals surface area contributed by atoms with E-state index in [1.807, 2.05) is 0 Å². The van der Waals surface area contributed by atoms with E-state index in [2.05, 4.69) is 5.32 Å². The summed E-state index contributed by atoms with van der Waals surface area (Å²) in [5.74, 6) is -0.229. The third-order valence-electron chi connectivity index (χ3n) is 5.12. The number of amides is 3. The lowest BCUT2D eigenvalue weighted by atomic mass is 9.87. The van der Waals surface area contributed by atoms with Gasteiger partial charge < -0.3 is 14.8 Å². The van der Waals surface area contributed by atoms with Gasteiger partial charge in [0.25, 0.3) is 5.91 Å². The minimum atomic E-state index is -1.23. The molecule has 0 aromatic heterocycles. The highest BCUT2D eigenvalue weighted by molar-refractivity contribution is 6.30. The summed E-state index contributed by atoms with van der Waals surface area (Å²) in [7, 11) is 0. The van der Waals surface area contributed by atoms with Crippen molar-refractivity contribution in [1.82, 2.24) is 10.2 Å². The van der Waals surface area contributed by atoms with Crippen LogP contribution in [0.25, 0.3) is 0 Å². The fraction of sp³-hybridized carbons (Fsp3) is 0.300. The standard InChI is InChI=1S/C20H18ClFN2O4/c1-2-20(14-3-5-16(22)6-4-14)18(25)24(19(26)23-20)9-12-7-15(21)8-13-10-27-11-28-17(12)13/h3-8H,2,9-11H2,1H3,(H,23,26)/t20-/m0/s1. The zero-order chi connectivity index (χ0) is 19.9. The van der Waals surface area contributed by atoms with E-state index in [1.165, 1.54) is 24.3 Å². The van der Waals surface area contributed by atoms with Gasteiger partial charge in [-0.1, -0.05) is 30.7 Å². The molecule has 2 aliphatic heterocycles. The van der Waals surface area contributed by atoms with Crippen LogP contribution in [0.15, 0.2) is 36.4 Å². The van der Waals surface area contributed by atoms with Crippen LogP contribution in [0.1, 0.15) is 30.0 Å². The summed E-state index contributed by atoms with van der Waals surface area (Å²) in [6.07, 6.45) is 0.331. The van der Waals surface area contributed by atoms with Gasteiger partial charge in [0.15, 0.2) is 6.79 Å². The first-order chi connectivity index (χ1) is 13.4. The maximum Gasteiger partial charge on any atom is 0.325 e. The van der Waals surface area contributed by atoms with Gasteiger partial charge in [-0.3, -0.25) is 9.69 Å². The lowest BCUT2D eigenvalue weighted by Gasteiger charge is -2.26. The molecule has 1 atom stereocenters. The van der Waals surface area contributed by atoms with Crippen LogP contribution in [-0.4, -0.2) is 23.6 Å². The first-order valence-electron chi connectivity index (χ1n) is 8.86. The van der Waals surface area contributed by atoms with Crippen molar-refractivity contribution in [2.75, 3.05) is 6.79 Å². The molecular formula is C20H18ClFN2O4. The molecule has 28 heavy (non-hydrogen) atoms. The highest BCUT2D eigenvalue weighted by Gasteiger charge is 2.51. The second-order valence-corrected chi connectivity index (χ2v) is 7.19. The summed E-state index contributed by atoms with van der Waals surface area (Å²) >= 11 is 6.18. The Balaban J connectivity index is 1.69. The third kappa shape index (κ3) is 3.00. The number of carbonyl (C=O) groups excluding carboxylic acids is 2. The van der Waals surface area contributed by atoms with Crippen molar-refractivity contribution in [3.05, 3.63) is 63.9 Å². The first kappa shape index (κ1) is 18.7. The molecule has 0 spiro atoms. The monoisotopic (exact) mass is 404 g/mol. The molecule has 0 saturated carbocycles. The number of nitrogens with one attached hydrogen (secondary N) is 1. The number of benzene rings is 2. The van der Waals surface area contributed by atoms with Gasteiger partial charge in [0.1, 0.15) is 17.1 Å². The topological polar surface area (TPSA) is 67.9 Å². The van der Waals surface area contributed by atoms with Gasteiger partial charge in [0, 0.05) is 16.1 Å². The van der Waals surface area contributed by atoms with Crippen LogP contribution in [0.2, 0.25) is 5.02 Å². The maximum absolute atomic E-state index is 13.3. The number of nitrogens with zero attached hydrogens (tertiary/aromatic N) is 1. The molecule has 8 heteroatoms. The predicted molar refractivity (Wildman–Crippen MR) is 99.2 cm³/mol. The number of rotatable bonds is 4. The second kappa shape index (κ2) is 7.07. The van der Waals surface area contributed by atoms with Crippen molar-refractivity contribution < 1.29 is 23.5 Å². The Labute approximate surface area is 166 Å². The highest BCUT2D eigenvalue weighted by Crippen LogP contribution is 2.36. The zero-order valence-corrected chi connectivity index (χ0v) is 15.9. The van der Waals surface area contributed by atoms with E-state index in [1.54, 1.807) is 19.1 Å². The predicted octanol–water partition coefficient (Wildman–Crippen LogP) is 3.70. The van der Waals surface area contributed by atoms with Gasteiger partial charge in [-0.2, -0.15) is 0 Å². The molecular weight excluding hydrogens is 387 g/mol. The van der Waals surface area contributed by atoms with Gasteiger partial charge in [-0.05, 0) is 36.2 Å². The molecule has 1 N–H and O–H groups in total. The van der Waals surface area contributed by atoms with Crippen LogP contribution in [0.4, 0.5) is 9.18 Å². The van der Waals surface area contributed by atoms with Crippen LogP contribution >= 0.6 is 11.6 Å². The van der Waals surface area contributed by atoms with E-state index in [9.17, 15) is 14.0 Å². The average molecular weight is 405 g/mol. The molecule has 2 aliphatic rings. The summed E-state index contributed by atoms with van der Waals surface area (Å²) in [6, 6.07) is 8.48. The minimum Gasteiger partial charge on any atom is -0.467 e. The maximum atomic E-state index is 13.3. The Morgan fingerprint density at radius 1 is 1.25 bits per heavy atom. The van der Waals surface area contributed by atoms with E-state index < -0.39 is 23.3 Å². The zero-order valence-electron chi connectivity index (χ0n) is 15.1. The van der Waals surface area contributed by atoms with Gasteiger partial charge >= 0.3 is 6.03 Å². The minimum absolute atomic E-state index is 0.0104. The third-order valence-corrected chi connectivity index (χ3v) is 5.34. The van der Waals surface area contributed by atoms with Crippen molar-refractivity contribution in [2.24, 2.45) is 0 Å². The van der Waals surface area contributed by atoms with Crippen LogP contribution in [-0.2, 0) is 28.2 Å². The molecule has 2 heterocycles. The largest absolute Gasteiger partial charge is 0.467 e. The van der Waals surface area contributed by atoms with Gasteiger partial charge in [-0.25, -0.2) is 9.18 Å². The SMILES string of the molecule is CC[C@@]1(c2ccc(F)cc2)NC(=O)N(Cc2cc(Cl)cc3c2OCOC3)C1=O. The van der Waals surface area contributed by atoms with Crippen molar-refractivity contribution in [1.29, 1.82) is 0 Å². The van der Waals surface area contributed by atoms with Crippen molar-refractivity contribution in [3.63, 3.8) is 0 Å². The van der Waals surface area contributed by atoms with Crippen molar-refractivity contribution >= 4 is 23.5 Å². The fourth-order valence-electron chi connectivity index (χ4n) is 3.69. The van der Waals surface area contributed by atoms with E-state index >= 15 is 0 Å². The van der Waals surface area contributed by atoms with Gasteiger partial charge in [0.2, 0.25) is 0 Å². The molecule has 0 bridgehead atoms. The number of hydrogen-bond acceptors (Lipinski definition) is 4. The molecule has 1 fully saturated rings. The molecule has 6 nitrogen and oxygen atoms in total. The van der Waals surface area contributed by atoms with Crippen LogP contribution in [0.5, 0.6) is 5.75 Å². The molecule has 0 unspecified atom stereocenters. The lowest BCUT2D eigenvalue weighted by molar-refractivity contribution is -0.132. The van der Waals surface area contributed by atoms with Gasteiger partial charge in [0.05, 0.1) is 13.2 Å². The van der Waals surface area contributed by atoms with Crippen LogP contribution < -0.4 is 10.1 Å². The molecule has 0 aliphatic carbocycles. The smallest absolute Gasteiger partial charge is 0.325 e. The summed E-state index contributed by atoms with van der Waals surface area (Å²) < 4.78 is 24.2. The molecule has 1 saturated heterocycles. The molecule has 2 aromatic rings. The van der Waals surface area contributed by atoms with E-state index in [0.717, 1.165) is 10.5 Å². The summed E-state index contributed by atoms with van der Waals surface area (Å²) in [4.78, 5) is 27.1. The number of hydrogen-bond donors (Lipinski definition) is 1. The normalized spacial score (nSPS) is 21.3. The van der Waals surface area contributed by atoms with E-state index in [0.29, 0.717) is 34.9 Å². The van der Waals surface area contributed by atoms with Crippen LogP contribution in [0.3, 0.4) is 0 Å². The van der Waals surface area contributed by atoms with Crippen molar-refractivity contribution in [2.45, 2.75) is 32.0 Å². The number of urea groups is 1. The molecule has 0 radical (unpaired) electrons. The second-order valence-electron chi connectivity index (χ2n) is 6.75. The number of imide groups is 1. The highest BCUT2D eigenvalue weighted by atomic mass is 35.5. The Hall–Kier alpha value is -2.64. The summed E-state index contributed by atoms with van der Waals surface area (Å²) in [6.45, 7) is 2.25. The average Bonchev–Trinajstić information content (AvgIpc) is 2.93. The summed E-state index contributed by atoms with van der Waals surface area (Å²) in [5, 5.41) is 3.25. The molecule has 2 aromatic carbocycles. The van der Waals surface area contributed by atoms with E-state index in [-0.39, 0.29) is 13.3 Å². The lowest BCUT2D eigenvalue weighted by Crippen LogP contribution is -2.43. The summed E-state index contributed by atoms with van der Waals surface area (Å²) in [5.41, 5.74) is 0.698. The number of ether oxygens (including phenoxy) is 2. The molecule has 146 valence electrons. The van der Waals surface area contributed by atoms with Gasteiger partial charge in [-0.15, -0.1) is 0 Å². The number of carbonyl (C=O) groups is 2. The Morgan fingerprint density at radius 3 is 2.71 bits per heavy atom. The Kier molecular flexibility index (Phi) is 4.72. The Bertz CT molecular complexity index is 950. The Morgan fingerprint density at radius 2 is 2.00 bits per heavy atom. The number of fused-ring (bicyclic) bond motifs is 1. The molecule has 3 amide bonds. The quantitative estimate of drug-likeness (QED) is 0.789. The molecule has 4 rings (SSSR count). The number of halogens is 2. The van der Waals surface area contributed by atoms with E-state index in [4.69, 9.17) is 21.1 Å². The van der Waals surface area contributed by atoms with Crippen molar-refractivity contribution in [3.8, 4) is 5.75 Å². The first-order valence-corrected chi connectivity index (χ1v) is 9.24. The van der Waals surface area contributed by atoms with Crippen LogP contribution in [0, 0.1) is 5.82 Å². The fourth-order valence-corrected chi connectivity index (χ4v) is 3.95.